The predicted octanol–water partition coefficient (Wildman–Crippen LogP) is 17.4. The Kier molecular flexibility index (Phi) is 24.6. The van der Waals surface area contributed by atoms with Gasteiger partial charge >= 0.3 is 12.5 Å². The van der Waals surface area contributed by atoms with Crippen molar-refractivity contribution in [2.24, 2.45) is 0 Å². The predicted molar refractivity (Wildman–Crippen MR) is 347 cm³/mol. The Morgan fingerprint density at radius 3 is 1.22 bits per heavy atom. The van der Waals surface area contributed by atoms with Crippen molar-refractivity contribution in [1.29, 1.82) is 0 Å². The number of ketones is 10. The fourth-order valence-electron chi connectivity index (χ4n) is 12.8. The highest BCUT2D eigenvalue weighted by atomic mass is 35.5. The second-order valence-corrected chi connectivity index (χ2v) is 25.6. The second kappa shape index (κ2) is 32.5. The lowest BCUT2D eigenvalue weighted by molar-refractivity contribution is -0.274. The fraction of sp³-hybridized carbons (Fsp3) is 0.325. The zero-order valence-corrected chi connectivity index (χ0v) is 53.8. The molecule has 0 spiro atoms. The van der Waals surface area contributed by atoms with E-state index in [2.05, 4.69) is 10.8 Å². The molecule has 5 aliphatic rings. The lowest BCUT2D eigenvalue weighted by Crippen LogP contribution is -2.21. The third-order valence-electron chi connectivity index (χ3n) is 17.1. The van der Waals surface area contributed by atoms with Gasteiger partial charge in [-0.25, -0.2) is 4.39 Å². The molecule has 0 saturated heterocycles. The number of hydrogen-bond donors (Lipinski definition) is 0. The molecular formula is C77H70ClF7O11. The molecule has 12 rings (SSSR count). The summed E-state index contributed by atoms with van der Waals surface area (Å²) < 4.78 is 92.2. The van der Waals surface area contributed by atoms with E-state index in [1.807, 2.05) is 68.4 Å². The van der Waals surface area contributed by atoms with Gasteiger partial charge in [0.05, 0.1) is 37.7 Å². The number of Topliss-reactive ketones (excluding diaryl/α,β-unsaturated/α-hetero) is 10. The molecule has 96 heavy (non-hydrogen) atoms. The van der Waals surface area contributed by atoms with Gasteiger partial charge in [-0.3, -0.25) is 47.9 Å². The van der Waals surface area contributed by atoms with Crippen LogP contribution in [0.4, 0.5) is 30.7 Å². The average molecular weight is 1340 g/mol. The van der Waals surface area contributed by atoms with Crippen molar-refractivity contribution >= 4 is 69.4 Å². The molecule has 0 bridgehead atoms. The van der Waals surface area contributed by atoms with Crippen LogP contribution in [-0.4, -0.2) is 64.2 Å². The standard InChI is InChI=1S/C20H17F3O2.C18H14ClFO2.C13H11F3O3.2C13H14O2/c1-12-5-15(8-17(6-12)20(21,22)23)13-3-2-4-14(7-13)16-9-18(24)11-19(25)10-16;19-15-5-12(11-2-1-3-16(20)7-11)4-13(6-15)14-8-17(21)10-18(22)9-14;14-13(15,16)19-12-3-1-8(2-4-12)9-5-10(17)7-11(18)6-9;1-9-3-2-4-10(5-9)11-6-12(14)8-13(15)7-11;1-9-4-2-3-5-13(9)10-6-11(14)8-12(15)7-10/h2-8,16H,9-11H2,1H3;1-7,14H,8-10H2;1-4,9H,5-7H2;2-5,11H,6-8H2,1H3;2-5,10H,6-8H2,1H3. The molecule has 0 radical (unpaired) electrons. The highest BCUT2D eigenvalue weighted by Gasteiger charge is 2.34. The van der Waals surface area contributed by atoms with E-state index >= 15 is 0 Å². The molecule has 0 unspecified atom stereocenters. The number of rotatable bonds is 8. The van der Waals surface area contributed by atoms with Gasteiger partial charge in [0.1, 0.15) is 69.4 Å². The largest absolute Gasteiger partial charge is 0.573 e. The lowest BCUT2D eigenvalue weighted by atomic mass is 9.81. The SMILES string of the molecule is Cc1cc(-c2cccc(C3CC(=O)CC(=O)C3)c2)cc(C(F)(F)F)c1.Cc1cccc(C2CC(=O)CC(=O)C2)c1.Cc1ccccc1C1CC(=O)CC(=O)C1.O=C1CC(=O)CC(c2cc(Cl)cc(-c3cccc(F)c3)c2)C1.O=C1CC(=O)CC(c2ccc(OC(F)(F)F)cc2)C1. The van der Waals surface area contributed by atoms with Crippen LogP contribution in [0.25, 0.3) is 22.3 Å². The fourth-order valence-corrected chi connectivity index (χ4v) is 13.0. The van der Waals surface area contributed by atoms with Crippen LogP contribution in [0.5, 0.6) is 5.75 Å². The third-order valence-corrected chi connectivity index (χ3v) is 17.3. The van der Waals surface area contributed by atoms with Crippen LogP contribution in [0.2, 0.25) is 5.02 Å². The molecule has 5 saturated carbocycles. The molecule has 7 aromatic carbocycles. The molecule has 11 nitrogen and oxygen atoms in total. The van der Waals surface area contributed by atoms with E-state index in [1.54, 1.807) is 55.5 Å². The maximum Gasteiger partial charge on any atom is 0.573 e. The van der Waals surface area contributed by atoms with Gasteiger partial charge in [-0.05, 0) is 160 Å². The number of benzene rings is 7. The van der Waals surface area contributed by atoms with Crippen LogP contribution in [-0.2, 0) is 54.1 Å². The first-order chi connectivity index (χ1) is 45.4. The van der Waals surface area contributed by atoms with Crippen molar-refractivity contribution in [3.8, 4) is 28.0 Å². The Morgan fingerprint density at radius 2 is 0.760 bits per heavy atom. The summed E-state index contributed by atoms with van der Waals surface area (Å²) in [5.41, 5.74) is 9.44. The quantitative estimate of drug-likeness (QED) is 0.104. The minimum absolute atomic E-state index is 0.0109. The molecule has 0 aliphatic heterocycles. The van der Waals surface area contributed by atoms with Crippen molar-refractivity contribution in [1.82, 2.24) is 0 Å². The van der Waals surface area contributed by atoms with Crippen molar-refractivity contribution in [3.63, 3.8) is 0 Å². The minimum Gasteiger partial charge on any atom is -0.406 e. The monoisotopic (exact) mass is 1340 g/mol. The van der Waals surface area contributed by atoms with Gasteiger partial charge in [0.2, 0.25) is 0 Å². The summed E-state index contributed by atoms with van der Waals surface area (Å²) in [5.74, 6) is -1.15. The summed E-state index contributed by atoms with van der Waals surface area (Å²) >= 11 is 6.17. The highest BCUT2D eigenvalue weighted by molar-refractivity contribution is 6.31. The number of alkyl halides is 6. The molecule has 7 aromatic rings. The number of hydrogen-bond acceptors (Lipinski definition) is 11. The van der Waals surface area contributed by atoms with Gasteiger partial charge in [0.25, 0.3) is 0 Å². The number of aryl methyl sites for hydroxylation is 3. The number of halogens is 8. The van der Waals surface area contributed by atoms with Crippen molar-refractivity contribution in [3.05, 3.63) is 219 Å². The lowest BCUT2D eigenvalue weighted by Gasteiger charge is -2.21. The van der Waals surface area contributed by atoms with E-state index in [0.29, 0.717) is 78.6 Å². The summed E-state index contributed by atoms with van der Waals surface area (Å²) in [6.07, 6.45) is -4.93. The summed E-state index contributed by atoms with van der Waals surface area (Å²) in [6.45, 7) is 5.68. The van der Waals surface area contributed by atoms with E-state index < -0.39 is 18.1 Å². The Morgan fingerprint density at radius 1 is 0.354 bits per heavy atom. The van der Waals surface area contributed by atoms with E-state index in [9.17, 15) is 78.7 Å². The van der Waals surface area contributed by atoms with Crippen LogP contribution < -0.4 is 4.74 Å². The maximum absolute atomic E-state index is 13.4. The first kappa shape index (κ1) is 72.7. The third kappa shape index (κ3) is 21.9. The van der Waals surface area contributed by atoms with E-state index in [1.165, 1.54) is 47.5 Å². The van der Waals surface area contributed by atoms with E-state index in [-0.39, 0.29) is 144 Å². The van der Waals surface area contributed by atoms with Crippen LogP contribution in [0.3, 0.4) is 0 Å². The first-order valence-corrected chi connectivity index (χ1v) is 31.8. The molecule has 19 heteroatoms. The number of ether oxygens (including phenoxy) is 1. The molecule has 0 heterocycles. The molecule has 0 amide bonds. The second-order valence-electron chi connectivity index (χ2n) is 25.2. The topological polar surface area (TPSA) is 180 Å². The van der Waals surface area contributed by atoms with Crippen LogP contribution >= 0.6 is 11.6 Å². The Labute approximate surface area is 556 Å². The summed E-state index contributed by atoms with van der Waals surface area (Å²) in [6, 6.07) is 44.1. The van der Waals surface area contributed by atoms with Gasteiger partial charge in [0.15, 0.2) is 0 Å². The number of carbonyl (C=O) groups is 10. The smallest absolute Gasteiger partial charge is 0.406 e. The normalized spacial score (nSPS) is 17.1. The number of carbonyl (C=O) groups excluding carboxylic acids is 10. The Balaban J connectivity index is 0.000000156. The first-order valence-electron chi connectivity index (χ1n) is 31.4. The molecule has 500 valence electrons. The molecule has 0 atom stereocenters. The van der Waals surface area contributed by atoms with Gasteiger partial charge in [-0.1, -0.05) is 126 Å². The van der Waals surface area contributed by atoms with Crippen molar-refractivity contribution in [2.45, 2.75) is 159 Å². The van der Waals surface area contributed by atoms with Crippen LogP contribution in [0.1, 0.15) is 176 Å². The molecular weight excluding hydrogens is 1270 g/mol. The van der Waals surface area contributed by atoms with Crippen molar-refractivity contribution in [2.75, 3.05) is 0 Å². The molecule has 5 fully saturated rings. The minimum atomic E-state index is -4.72. The van der Waals surface area contributed by atoms with Gasteiger partial charge < -0.3 is 4.74 Å². The molecule has 5 aliphatic carbocycles. The van der Waals surface area contributed by atoms with E-state index in [0.717, 1.165) is 45.5 Å². The van der Waals surface area contributed by atoms with Gasteiger partial charge in [-0.2, -0.15) is 13.2 Å². The highest BCUT2D eigenvalue weighted by Crippen LogP contribution is 2.39. The Hall–Kier alpha value is -9.16. The van der Waals surface area contributed by atoms with Gasteiger partial charge in [-0.15, -0.1) is 13.2 Å². The average Bonchev–Trinajstić information content (AvgIpc) is 0.825. The zero-order valence-electron chi connectivity index (χ0n) is 53.0. The van der Waals surface area contributed by atoms with Crippen LogP contribution in [0.15, 0.2) is 158 Å². The zero-order chi connectivity index (χ0) is 69.6. The van der Waals surface area contributed by atoms with Gasteiger partial charge in [0, 0.05) is 69.2 Å². The molecule has 0 N–H and O–H groups in total. The maximum atomic E-state index is 13.4. The summed E-state index contributed by atoms with van der Waals surface area (Å²) in [5, 5.41) is 0.516. The summed E-state index contributed by atoms with van der Waals surface area (Å²) in [4.78, 5) is 115. The van der Waals surface area contributed by atoms with E-state index in [4.69, 9.17) is 11.6 Å². The Bertz CT molecular complexity index is 4010. The van der Waals surface area contributed by atoms with Crippen molar-refractivity contribution < 1.29 is 83.4 Å². The molecule has 0 aromatic heterocycles. The van der Waals surface area contributed by atoms with Crippen LogP contribution in [0, 0.1) is 26.6 Å². The summed E-state index contributed by atoms with van der Waals surface area (Å²) in [7, 11) is 0.